The van der Waals surface area contributed by atoms with Crippen molar-refractivity contribution in [3.8, 4) is 29.1 Å². The standard InChI is InChI=1S/C35H40N2O5/c1-5-6-7-8-9-20-39-27-14-12-26(13-15-27)33-30-19-18-29(21-32(30)42-34(37)31(33)22-36)41-35(38)24(4)40-28-16-10-25(11-17-28)23(2)3/h10-19,21,23-24,33H,5-9,20,37H2,1-4H3. The van der Waals surface area contributed by atoms with Crippen LogP contribution in [0.25, 0.3) is 0 Å². The van der Waals surface area contributed by atoms with Crippen molar-refractivity contribution in [2.24, 2.45) is 5.73 Å². The smallest absolute Gasteiger partial charge is 0.352 e. The number of nitrogens with two attached hydrogens (primary N) is 1. The molecule has 2 N–H and O–H groups in total. The summed E-state index contributed by atoms with van der Waals surface area (Å²) in [5.41, 5.74) is 9.32. The van der Waals surface area contributed by atoms with E-state index in [-0.39, 0.29) is 5.88 Å². The molecule has 3 aromatic rings. The fraction of sp³-hybridized carbons (Fsp3) is 0.371. The highest BCUT2D eigenvalue weighted by molar-refractivity contribution is 5.77. The lowest BCUT2D eigenvalue weighted by molar-refractivity contribution is -0.141. The second kappa shape index (κ2) is 14.5. The van der Waals surface area contributed by atoms with E-state index in [1.165, 1.54) is 24.8 Å². The summed E-state index contributed by atoms with van der Waals surface area (Å²) in [5, 5.41) is 9.90. The lowest BCUT2D eigenvalue weighted by Crippen LogP contribution is -2.28. The molecule has 0 spiro atoms. The minimum atomic E-state index is -0.827. The molecule has 1 aliphatic rings. The Kier molecular flexibility index (Phi) is 10.5. The molecule has 1 heterocycles. The van der Waals surface area contributed by atoms with Crippen LogP contribution in [0.3, 0.4) is 0 Å². The largest absolute Gasteiger partial charge is 0.494 e. The van der Waals surface area contributed by atoms with Crippen molar-refractivity contribution in [3.63, 3.8) is 0 Å². The Morgan fingerprint density at radius 3 is 2.26 bits per heavy atom. The van der Waals surface area contributed by atoms with Gasteiger partial charge in [-0.15, -0.1) is 0 Å². The zero-order valence-electron chi connectivity index (χ0n) is 24.9. The Morgan fingerprint density at radius 2 is 1.60 bits per heavy atom. The van der Waals surface area contributed by atoms with Gasteiger partial charge in [-0.2, -0.15) is 5.26 Å². The number of carbonyl (C=O) groups excluding carboxylic acids is 1. The molecule has 0 aromatic heterocycles. The van der Waals surface area contributed by atoms with Gasteiger partial charge in [0.05, 0.1) is 12.5 Å². The number of allylic oxidation sites excluding steroid dienone is 1. The van der Waals surface area contributed by atoms with Crippen LogP contribution in [0.5, 0.6) is 23.0 Å². The maximum Gasteiger partial charge on any atom is 0.352 e. The summed E-state index contributed by atoms with van der Waals surface area (Å²) in [6.45, 7) is 8.76. The van der Waals surface area contributed by atoms with Crippen LogP contribution in [-0.4, -0.2) is 18.7 Å². The first-order valence-electron chi connectivity index (χ1n) is 14.7. The van der Waals surface area contributed by atoms with Gasteiger partial charge in [0.25, 0.3) is 0 Å². The van der Waals surface area contributed by atoms with Crippen molar-refractivity contribution in [1.82, 2.24) is 0 Å². The minimum absolute atomic E-state index is 0.0208. The molecular formula is C35H40N2O5. The highest BCUT2D eigenvalue weighted by atomic mass is 16.6. The number of carbonyl (C=O) groups is 1. The molecule has 42 heavy (non-hydrogen) atoms. The number of unbranched alkanes of at least 4 members (excludes halogenated alkanes) is 4. The van der Waals surface area contributed by atoms with Crippen LogP contribution >= 0.6 is 0 Å². The third-order valence-electron chi connectivity index (χ3n) is 7.33. The van der Waals surface area contributed by atoms with Crippen LogP contribution in [0.15, 0.2) is 78.2 Å². The number of esters is 1. The van der Waals surface area contributed by atoms with Crippen LogP contribution in [0.2, 0.25) is 0 Å². The van der Waals surface area contributed by atoms with E-state index in [1.54, 1.807) is 25.1 Å². The third-order valence-corrected chi connectivity index (χ3v) is 7.33. The second-order valence-corrected chi connectivity index (χ2v) is 10.9. The maximum absolute atomic E-state index is 12.8. The Morgan fingerprint density at radius 1 is 0.929 bits per heavy atom. The van der Waals surface area contributed by atoms with Gasteiger partial charge in [0.15, 0.2) is 6.10 Å². The lowest BCUT2D eigenvalue weighted by atomic mass is 9.83. The van der Waals surface area contributed by atoms with Gasteiger partial charge < -0.3 is 24.7 Å². The molecule has 0 bridgehead atoms. The summed E-state index contributed by atoms with van der Waals surface area (Å²) in [6, 6.07) is 22.7. The molecule has 0 amide bonds. The van der Waals surface area contributed by atoms with E-state index in [9.17, 15) is 10.1 Å². The van der Waals surface area contributed by atoms with Gasteiger partial charge in [-0.3, -0.25) is 0 Å². The van der Waals surface area contributed by atoms with E-state index >= 15 is 0 Å². The number of fused-ring (bicyclic) bond motifs is 1. The van der Waals surface area contributed by atoms with Gasteiger partial charge in [0, 0.05) is 11.6 Å². The summed E-state index contributed by atoms with van der Waals surface area (Å²) in [7, 11) is 0. The number of hydrogen-bond acceptors (Lipinski definition) is 7. The normalized spacial score (nSPS) is 14.9. The molecule has 0 saturated carbocycles. The van der Waals surface area contributed by atoms with Gasteiger partial charge in [-0.1, -0.05) is 76.8 Å². The first-order valence-corrected chi connectivity index (χ1v) is 14.7. The van der Waals surface area contributed by atoms with E-state index < -0.39 is 18.0 Å². The monoisotopic (exact) mass is 568 g/mol. The molecule has 0 fully saturated rings. The predicted molar refractivity (Wildman–Crippen MR) is 163 cm³/mol. The van der Waals surface area contributed by atoms with E-state index in [1.807, 2.05) is 48.5 Å². The van der Waals surface area contributed by atoms with Crippen LogP contribution < -0.4 is 24.7 Å². The van der Waals surface area contributed by atoms with Gasteiger partial charge >= 0.3 is 5.97 Å². The van der Waals surface area contributed by atoms with Crippen LogP contribution in [0.4, 0.5) is 0 Å². The average molecular weight is 569 g/mol. The highest BCUT2D eigenvalue weighted by Gasteiger charge is 2.31. The highest BCUT2D eigenvalue weighted by Crippen LogP contribution is 2.43. The number of hydrogen-bond donors (Lipinski definition) is 1. The number of benzene rings is 3. The quantitative estimate of drug-likeness (QED) is 0.128. The molecule has 4 rings (SSSR count). The number of nitrogens with zero attached hydrogens (tertiary/aromatic N) is 1. The molecule has 2 unspecified atom stereocenters. The molecule has 220 valence electrons. The summed E-state index contributed by atoms with van der Waals surface area (Å²) >= 11 is 0. The molecule has 7 nitrogen and oxygen atoms in total. The Bertz CT molecular complexity index is 1420. The summed E-state index contributed by atoms with van der Waals surface area (Å²) in [6.07, 6.45) is 5.06. The molecule has 3 aromatic carbocycles. The lowest BCUT2D eigenvalue weighted by Gasteiger charge is -2.27. The number of rotatable bonds is 13. The molecule has 0 saturated heterocycles. The minimum Gasteiger partial charge on any atom is -0.494 e. The number of nitriles is 1. The van der Waals surface area contributed by atoms with Crippen molar-refractivity contribution >= 4 is 5.97 Å². The van der Waals surface area contributed by atoms with E-state index in [0.717, 1.165) is 29.7 Å². The zero-order valence-corrected chi connectivity index (χ0v) is 24.9. The zero-order chi connectivity index (χ0) is 30.1. The van der Waals surface area contributed by atoms with Gasteiger partial charge in [-0.05, 0) is 60.7 Å². The molecule has 2 atom stereocenters. The summed E-state index contributed by atoms with van der Waals surface area (Å²) in [5.74, 6) is 1.54. The van der Waals surface area contributed by atoms with Crippen LogP contribution in [0, 0.1) is 11.3 Å². The average Bonchev–Trinajstić information content (AvgIpc) is 2.98. The SMILES string of the molecule is CCCCCCCOc1ccc(C2C(C#N)=C(N)Oc3cc(OC(=O)C(C)Oc4ccc(C(C)C)cc4)ccc32)cc1. The third kappa shape index (κ3) is 7.64. The van der Waals surface area contributed by atoms with Crippen molar-refractivity contribution in [2.75, 3.05) is 6.61 Å². The fourth-order valence-electron chi connectivity index (χ4n) is 4.88. The van der Waals surface area contributed by atoms with Crippen LogP contribution in [0.1, 0.15) is 88.3 Å². The second-order valence-electron chi connectivity index (χ2n) is 10.9. The molecule has 0 radical (unpaired) electrons. The van der Waals surface area contributed by atoms with Crippen LogP contribution in [-0.2, 0) is 4.79 Å². The van der Waals surface area contributed by atoms with Crippen molar-refractivity contribution in [1.29, 1.82) is 5.26 Å². The molecule has 1 aliphatic heterocycles. The molecule has 0 aliphatic carbocycles. The Balaban J connectivity index is 1.44. The maximum atomic E-state index is 12.8. The molecule has 7 heteroatoms. The van der Waals surface area contributed by atoms with Crippen molar-refractivity contribution < 1.29 is 23.7 Å². The topological polar surface area (TPSA) is 104 Å². The summed E-state index contributed by atoms with van der Waals surface area (Å²) in [4.78, 5) is 12.8. The first-order chi connectivity index (χ1) is 20.3. The van der Waals surface area contributed by atoms with Gasteiger partial charge in [-0.25, -0.2) is 4.79 Å². The Labute approximate surface area is 248 Å². The van der Waals surface area contributed by atoms with E-state index in [4.69, 9.17) is 24.7 Å². The van der Waals surface area contributed by atoms with Gasteiger partial charge in [0.1, 0.15) is 34.6 Å². The molecular weight excluding hydrogens is 528 g/mol. The number of ether oxygens (including phenoxy) is 4. The summed E-state index contributed by atoms with van der Waals surface area (Å²) < 4.78 is 23.1. The van der Waals surface area contributed by atoms with E-state index in [2.05, 4.69) is 26.8 Å². The predicted octanol–water partition coefficient (Wildman–Crippen LogP) is 7.75. The Hall–Kier alpha value is -4.44. The van der Waals surface area contributed by atoms with Crippen molar-refractivity contribution in [2.45, 2.75) is 77.7 Å². The fourth-order valence-corrected chi connectivity index (χ4v) is 4.88. The van der Waals surface area contributed by atoms with Crippen molar-refractivity contribution in [3.05, 3.63) is 94.9 Å². The first kappa shape index (κ1) is 30.5. The van der Waals surface area contributed by atoms with Gasteiger partial charge in [0.2, 0.25) is 5.88 Å². The van der Waals surface area contributed by atoms with E-state index in [0.29, 0.717) is 35.3 Å².